The number of benzene rings is 3. The van der Waals surface area contributed by atoms with Gasteiger partial charge >= 0.3 is 0 Å². The number of nitrogens with one attached hydrogen (secondary N) is 1. The first-order valence-electron chi connectivity index (χ1n) is 11.5. The lowest BCUT2D eigenvalue weighted by Crippen LogP contribution is -2.09. The third kappa shape index (κ3) is 3.55. The van der Waals surface area contributed by atoms with Gasteiger partial charge in [-0.05, 0) is 61.2 Å². The fourth-order valence-corrected chi connectivity index (χ4v) is 4.34. The Morgan fingerprint density at radius 3 is 2.26 bits per heavy atom. The Balaban J connectivity index is 1.29. The van der Waals surface area contributed by atoms with Crippen LogP contribution in [0.3, 0.4) is 0 Å². The second-order valence-corrected chi connectivity index (χ2v) is 8.90. The van der Waals surface area contributed by atoms with Crippen LogP contribution in [0.5, 0.6) is 0 Å². The van der Waals surface area contributed by atoms with Gasteiger partial charge in [0.05, 0.1) is 22.8 Å². The number of H-pyrrole nitrogens is 1. The van der Waals surface area contributed by atoms with Crippen LogP contribution in [-0.4, -0.2) is 24.5 Å². The summed E-state index contributed by atoms with van der Waals surface area (Å²) in [5.41, 5.74) is 9.84. The van der Waals surface area contributed by atoms with E-state index in [2.05, 4.69) is 72.8 Å². The van der Waals surface area contributed by atoms with Crippen molar-refractivity contribution in [1.29, 1.82) is 0 Å². The molecule has 0 saturated carbocycles. The molecule has 5 nitrogen and oxygen atoms in total. The van der Waals surface area contributed by atoms with Crippen molar-refractivity contribution in [3.05, 3.63) is 102 Å². The third-order valence-corrected chi connectivity index (χ3v) is 6.63. The van der Waals surface area contributed by atoms with E-state index in [4.69, 9.17) is 15.0 Å². The van der Waals surface area contributed by atoms with Crippen molar-refractivity contribution in [2.24, 2.45) is 0 Å². The van der Waals surface area contributed by atoms with E-state index in [1.165, 1.54) is 22.3 Å². The average molecular weight is 444 g/mol. The normalized spacial score (nSPS) is 12.4. The molecule has 0 saturated heterocycles. The van der Waals surface area contributed by atoms with Crippen molar-refractivity contribution in [3.8, 4) is 33.9 Å². The molecule has 4 aromatic rings. The number of nitrogens with zero attached hydrogens (tertiary/aromatic N) is 4. The molecule has 0 bridgehead atoms. The van der Waals surface area contributed by atoms with E-state index in [1.54, 1.807) is 0 Å². The summed E-state index contributed by atoms with van der Waals surface area (Å²) in [6.45, 7) is 6.42. The zero-order valence-electron chi connectivity index (χ0n) is 19.4. The van der Waals surface area contributed by atoms with Gasteiger partial charge in [-0.15, -0.1) is 0 Å². The first-order valence-corrected chi connectivity index (χ1v) is 11.5. The lowest BCUT2D eigenvalue weighted by atomic mass is 9.99. The molecule has 5 heteroatoms. The van der Waals surface area contributed by atoms with Crippen LogP contribution in [0.25, 0.3) is 44.9 Å². The lowest BCUT2D eigenvalue weighted by Gasteiger charge is -2.14. The summed E-state index contributed by atoms with van der Waals surface area (Å²) >= 11 is 0. The van der Waals surface area contributed by atoms with E-state index in [9.17, 15) is 0 Å². The van der Waals surface area contributed by atoms with Crippen molar-refractivity contribution in [1.82, 2.24) is 24.5 Å². The minimum Gasteiger partial charge on any atom is -0.342 e. The van der Waals surface area contributed by atoms with Crippen molar-refractivity contribution in [2.75, 3.05) is 0 Å². The van der Waals surface area contributed by atoms with Gasteiger partial charge in [0.15, 0.2) is 5.82 Å². The predicted octanol–water partition coefficient (Wildman–Crippen LogP) is 6.82. The van der Waals surface area contributed by atoms with E-state index in [0.717, 1.165) is 39.6 Å². The standard InChI is InChI=1S/C29H25N5/c1-18-8-9-23(16-19(18)2)21-10-12-22(13-11-21)29-32-26-14-15-34(17-27(26)33-29)20(3)28-30-24-6-4-5-7-25(24)31-28/h4-17,20H,1-3H3,(H,30,31). The highest BCUT2D eigenvalue weighted by Crippen LogP contribution is 2.29. The number of hydrogen-bond acceptors (Lipinski definition) is 3. The first-order chi connectivity index (χ1) is 16.5. The number of imidazole rings is 2. The summed E-state index contributed by atoms with van der Waals surface area (Å²) in [7, 11) is 0. The second-order valence-electron chi connectivity index (χ2n) is 8.90. The molecule has 2 aliphatic heterocycles. The minimum atomic E-state index is 0.0502. The highest BCUT2D eigenvalue weighted by atomic mass is 15.1. The molecule has 166 valence electrons. The highest BCUT2D eigenvalue weighted by molar-refractivity contribution is 5.75. The van der Waals surface area contributed by atoms with Crippen molar-refractivity contribution < 1.29 is 0 Å². The molecule has 0 fully saturated rings. The Morgan fingerprint density at radius 2 is 1.47 bits per heavy atom. The van der Waals surface area contributed by atoms with Gasteiger partial charge in [0.25, 0.3) is 0 Å². The zero-order valence-corrected chi connectivity index (χ0v) is 19.4. The largest absolute Gasteiger partial charge is 0.342 e. The molecule has 0 radical (unpaired) electrons. The van der Waals surface area contributed by atoms with Gasteiger partial charge < -0.3 is 9.55 Å². The lowest BCUT2D eigenvalue weighted by molar-refractivity contribution is 0.604. The number of rotatable bonds is 4. The molecule has 6 rings (SSSR count). The fourth-order valence-electron chi connectivity index (χ4n) is 4.34. The van der Waals surface area contributed by atoms with Crippen LogP contribution in [0, 0.1) is 13.8 Å². The summed E-state index contributed by atoms with van der Waals surface area (Å²) < 4.78 is 2.13. The molecular formula is C29H25N5. The molecule has 0 amide bonds. The third-order valence-electron chi connectivity index (χ3n) is 6.63. The van der Waals surface area contributed by atoms with Gasteiger partial charge in [0.1, 0.15) is 11.5 Å². The maximum atomic E-state index is 4.83. The van der Waals surface area contributed by atoms with Crippen LogP contribution >= 0.6 is 0 Å². The first kappa shape index (κ1) is 20.4. The predicted molar refractivity (Wildman–Crippen MR) is 137 cm³/mol. The number of hydrogen-bond donors (Lipinski definition) is 1. The number of fused-ring (bicyclic) bond motifs is 2. The Labute approximate surface area is 198 Å². The Hall–Kier alpha value is -4.25. The number of aromatic nitrogens is 5. The smallest absolute Gasteiger partial charge is 0.160 e. The fraction of sp³-hybridized carbons (Fsp3) is 0.138. The quantitative estimate of drug-likeness (QED) is 0.325. The van der Waals surface area contributed by atoms with E-state index >= 15 is 0 Å². The monoisotopic (exact) mass is 443 g/mol. The number of para-hydroxylation sites is 2. The molecule has 1 aromatic heterocycles. The number of aryl methyl sites for hydroxylation is 2. The van der Waals surface area contributed by atoms with Crippen LogP contribution in [0.2, 0.25) is 0 Å². The SMILES string of the molecule is Cc1ccc(-c2ccc(-c3nc4ccn(C(C)c5nc6ccccc6[nH]5)cc-4n3)cc2)cc1C. The topological polar surface area (TPSA) is 59.4 Å². The molecule has 0 spiro atoms. The maximum Gasteiger partial charge on any atom is 0.160 e. The van der Waals surface area contributed by atoms with Gasteiger partial charge in [-0.2, -0.15) is 0 Å². The Kier molecular flexibility index (Phi) is 4.77. The van der Waals surface area contributed by atoms with Crippen LogP contribution in [0.4, 0.5) is 0 Å². The molecule has 2 aliphatic rings. The summed E-state index contributed by atoms with van der Waals surface area (Å²) in [6.07, 6.45) is 4.09. The van der Waals surface area contributed by atoms with Gasteiger partial charge in [0, 0.05) is 18.0 Å². The maximum absolute atomic E-state index is 4.83. The average Bonchev–Trinajstić information content (AvgIpc) is 3.49. The van der Waals surface area contributed by atoms with E-state index in [0.29, 0.717) is 0 Å². The van der Waals surface area contributed by atoms with Crippen LogP contribution in [0.15, 0.2) is 85.2 Å². The van der Waals surface area contributed by atoms with E-state index < -0.39 is 0 Å². The summed E-state index contributed by atoms with van der Waals surface area (Å²) in [5, 5.41) is 0. The molecule has 1 N–H and O–H groups in total. The van der Waals surface area contributed by atoms with E-state index in [-0.39, 0.29) is 6.04 Å². The summed E-state index contributed by atoms with van der Waals surface area (Å²) in [5.74, 6) is 1.67. The Bertz CT molecular complexity index is 1560. The van der Waals surface area contributed by atoms with Crippen LogP contribution in [-0.2, 0) is 0 Å². The van der Waals surface area contributed by atoms with Gasteiger partial charge in [-0.3, -0.25) is 0 Å². The molecule has 1 atom stereocenters. The van der Waals surface area contributed by atoms with E-state index in [1.807, 2.05) is 42.7 Å². The molecule has 3 aromatic carbocycles. The number of pyridine rings is 1. The second kappa shape index (κ2) is 7.96. The molecule has 3 heterocycles. The van der Waals surface area contributed by atoms with Crippen LogP contribution < -0.4 is 0 Å². The van der Waals surface area contributed by atoms with Crippen molar-refractivity contribution in [3.63, 3.8) is 0 Å². The highest BCUT2D eigenvalue weighted by Gasteiger charge is 2.17. The molecule has 34 heavy (non-hydrogen) atoms. The van der Waals surface area contributed by atoms with Crippen molar-refractivity contribution in [2.45, 2.75) is 26.8 Å². The van der Waals surface area contributed by atoms with Gasteiger partial charge in [-0.25, -0.2) is 15.0 Å². The summed E-state index contributed by atoms with van der Waals surface area (Å²) in [4.78, 5) is 17.8. The molecular weight excluding hydrogens is 418 g/mol. The van der Waals surface area contributed by atoms with Crippen molar-refractivity contribution >= 4 is 11.0 Å². The summed E-state index contributed by atoms with van der Waals surface area (Å²) in [6, 6.07) is 25.2. The molecule has 0 aliphatic carbocycles. The minimum absolute atomic E-state index is 0.0502. The number of aromatic amines is 1. The zero-order chi connectivity index (χ0) is 23.2. The van der Waals surface area contributed by atoms with Crippen LogP contribution in [0.1, 0.15) is 29.9 Å². The van der Waals surface area contributed by atoms with Gasteiger partial charge in [0.2, 0.25) is 0 Å². The van der Waals surface area contributed by atoms with Gasteiger partial charge in [-0.1, -0.05) is 54.6 Å². The Morgan fingerprint density at radius 1 is 0.735 bits per heavy atom. The molecule has 1 unspecified atom stereocenters.